The molecule has 0 radical (unpaired) electrons. The summed E-state index contributed by atoms with van der Waals surface area (Å²) in [6.07, 6.45) is -4.50. The van der Waals surface area contributed by atoms with Gasteiger partial charge in [0, 0.05) is 3.57 Å². The van der Waals surface area contributed by atoms with Crippen molar-refractivity contribution in [3.8, 4) is 0 Å². The molecule has 2 N–H and O–H groups in total. The minimum absolute atomic E-state index is 0.319. The Balaban J connectivity index is 3.43. The fourth-order valence-corrected chi connectivity index (χ4v) is 1.58. The smallest absolute Gasteiger partial charge is 0.397 e. The first-order valence-electron chi connectivity index (χ1n) is 3.14. The molecular formula is C7H4ClF3IN. The number of anilines is 1. The second-order valence-corrected chi connectivity index (χ2v) is 3.89. The Kier molecular flexibility index (Phi) is 2.96. The number of halogens is 5. The Morgan fingerprint density at radius 1 is 1.31 bits per heavy atom. The molecule has 0 amide bonds. The second-order valence-electron chi connectivity index (χ2n) is 2.32. The van der Waals surface area contributed by atoms with Gasteiger partial charge in [-0.05, 0) is 34.7 Å². The molecule has 0 spiro atoms. The number of hydrogen-bond acceptors (Lipinski definition) is 1. The number of hydrogen-bond donors (Lipinski definition) is 1. The van der Waals surface area contributed by atoms with Crippen molar-refractivity contribution in [1.82, 2.24) is 0 Å². The van der Waals surface area contributed by atoms with Crippen LogP contribution in [-0.4, -0.2) is 0 Å². The molecule has 0 aliphatic heterocycles. The molecule has 0 saturated heterocycles. The van der Waals surface area contributed by atoms with Crippen molar-refractivity contribution < 1.29 is 13.2 Å². The lowest BCUT2D eigenvalue weighted by molar-refractivity contribution is -0.136. The van der Waals surface area contributed by atoms with Crippen molar-refractivity contribution in [3.05, 3.63) is 26.3 Å². The first-order chi connectivity index (χ1) is 5.84. The van der Waals surface area contributed by atoms with Gasteiger partial charge in [-0.3, -0.25) is 0 Å². The normalized spacial score (nSPS) is 11.8. The summed E-state index contributed by atoms with van der Waals surface area (Å²) >= 11 is 7.11. The zero-order chi connectivity index (χ0) is 10.2. The molecule has 1 rings (SSSR count). The molecular weight excluding hydrogens is 317 g/mol. The van der Waals surface area contributed by atoms with E-state index < -0.39 is 11.7 Å². The average Bonchev–Trinajstić information content (AvgIpc) is 1.95. The third-order valence-corrected chi connectivity index (χ3v) is 2.68. The van der Waals surface area contributed by atoms with Gasteiger partial charge in [-0.15, -0.1) is 0 Å². The van der Waals surface area contributed by atoms with Gasteiger partial charge in [-0.2, -0.15) is 13.2 Å². The van der Waals surface area contributed by atoms with E-state index in [0.29, 0.717) is 3.57 Å². The molecule has 13 heavy (non-hydrogen) atoms. The predicted molar refractivity (Wildman–Crippen MR) is 53.6 cm³/mol. The monoisotopic (exact) mass is 321 g/mol. The van der Waals surface area contributed by atoms with Crippen LogP contribution in [0.25, 0.3) is 0 Å². The molecule has 72 valence electrons. The fourth-order valence-electron chi connectivity index (χ4n) is 0.856. The van der Waals surface area contributed by atoms with Crippen molar-refractivity contribution in [1.29, 1.82) is 0 Å². The molecule has 0 heterocycles. The Hall–Kier alpha value is -0.170. The molecule has 0 aliphatic carbocycles. The van der Waals surface area contributed by atoms with Gasteiger partial charge in [0.25, 0.3) is 0 Å². The summed E-state index contributed by atoms with van der Waals surface area (Å²) < 4.78 is 37.3. The number of nitrogen functional groups attached to an aromatic ring is 1. The molecule has 6 heteroatoms. The summed E-state index contributed by atoms with van der Waals surface area (Å²) in [5.74, 6) is 0. The third-order valence-electron chi connectivity index (χ3n) is 1.42. The highest BCUT2D eigenvalue weighted by Gasteiger charge is 2.36. The van der Waals surface area contributed by atoms with E-state index in [1.165, 1.54) is 12.1 Å². The van der Waals surface area contributed by atoms with Crippen molar-refractivity contribution in [2.75, 3.05) is 5.73 Å². The van der Waals surface area contributed by atoms with Crippen molar-refractivity contribution in [3.63, 3.8) is 0 Å². The van der Waals surface area contributed by atoms with Crippen molar-refractivity contribution in [2.24, 2.45) is 0 Å². The zero-order valence-electron chi connectivity index (χ0n) is 6.12. The van der Waals surface area contributed by atoms with Crippen LogP contribution in [-0.2, 0) is 6.18 Å². The Morgan fingerprint density at radius 3 is 2.23 bits per heavy atom. The maximum absolute atomic E-state index is 12.3. The molecule has 1 nitrogen and oxygen atoms in total. The first-order valence-corrected chi connectivity index (χ1v) is 4.60. The highest BCUT2D eigenvalue weighted by atomic mass is 127. The maximum atomic E-state index is 12.3. The molecule has 0 unspecified atom stereocenters. The van der Waals surface area contributed by atoms with Gasteiger partial charge in [0.2, 0.25) is 0 Å². The van der Waals surface area contributed by atoms with Crippen LogP contribution in [0.3, 0.4) is 0 Å². The lowest BCUT2D eigenvalue weighted by atomic mass is 10.2. The Labute approximate surface area is 91.2 Å². The van der Waals surface area contributed by atoms with Crippen LogP contribution < -0.4 is 5.73 Å². The molecule has 0 saturated carbocycles. The molecule has 0 aromatic heterocycles. The Morgan fingerprint density at radius 2 is 1.85 bits per heavy atom. The first kappa shape index (κ1) is 10.9. The van der Waals surface area contributed by atoms with Crippen molar-refractivity contribution in [2.45, 2.75) is 6.18 Å². The largest absolute Gasteiger partial charge is 0.419 e. The fraction of sp³-hybridized carbons (Fsp3) is 0.143. The highest BCUT2D eigenvalue weighted by Crippen LogP contribution is 2.40. The maximum Gasteiger partial charge on any atom is 0.419 e. The molecule has 0 atom stereocenters. The van der Waals surface area contributed by atoms with Gasteiger partial charge in [-0.25, -0.2) is 0 Å². The van der Waals surface area contributed by atoms with Crippen LogP contribution in [0.15, 0.2) is 12.1 Å². The van der Waals surface area contributed by atoms with Crippen LogP contribution in [0.4, 0.5) is 18.9 Å². The minimum Gasteiger partial charge on any atom is -0.397 e. The molecule has 0 fully saturated rings. The van der Waals surface area contributed by atoms with Gasteiger partial charge in [0.15, 0.2) is 0 Å². The Bertz CT molecular complexity index is 337. The molecule has 0 aliphatic rings. The summed E-state index contributed by atoms with van der Waals surface area (Å²) in [5.41, 5.74) is 3.98. The molecule has 0 bridgehead atoms. The number of alkyl halides is 3. The zero-order valence-corrected chi connectivity index (χ0v) is 9.04. The van der Waals surface area contributed by atoms with Crippen molar-refractivity contribution >= 4 is 39.9 Å². The quantitative estimate of drug-likeness (QED) is 0.574. The number of rotatable bonds is 0. The number of nitrogens with two attached hydrogens (primary N) is 1. The second kappa shape index (κ2) is 3.53. The summed E-state index contributed by atoms with van der Waals surface area (Å²) in [6, 6.07) is 2.62. The highest BCUT2D eigenvalue weighted by molar-refractivity contribution is 14.1. The van der Waals surface area contributed by atoms with E-state index in [9.17, 15) is 13.2 Å². The lowest BCUT2D eigenvalue weighted by Crippen LogP contribution is -2.10. The SMILES string of the molecule is Nc1c(I)ccc(Cl)c1C(F)(F)F. The van der Waals surface area contributed by atoms with E-state index in [1.807, 2.05) is 0 Å². The summed E-state index contributed by atoms with van der Waals surface area (Å²) in [4.78, 5) is 0. The summed E-state index contributed by atoms with van der Waals surface area (Å²) in [5, 5.41) is -0.370. The number of benzene rings is 1. The van der Waals surface area contributed by atoms with E-state index in [2.05, 4.69) is 0 Å². The topological polar surface area (TPSA) is 26.0 Å². The molecule has 1 aromatic rings. The van der Waals surface area contributed by atoms with Crippen LogP contribution in [0, 0.1) is 3.57 Å². The average molecular weight is 321 g/mol. The van der Waals surface area contributed by atoms with Gasteiger partial charge in [0.1, 0.15) is 0 Å². The van der Waals surface area contributed by atoms with E-state index in [4.69, 9.17) is 17.3 Å². The van der Waals surface area contributed by atoms with Gasteiger partial charge >= 0.3 is 6.18 Å². The predicted octanol–water partition coefficient (Wildman–Crippen LogP) is 3.55. The lowest BCUT2D eigenvalue weighted by Gasteiger charge is -2.12. The van der Waals surface area contributed by atoms with E-state index in [1.54, 1.807) is 22.6 Å². The van der Waals surface area contributed by atoms with Crippen LogP contribution in [0.1, 0.15) is 5.56 Å². The van der Waals surface area contributed by atoms with E-state index in [-0.39, 0.29) is 10.7 Å². The standard InChI is InChI=1S/C7H4ClF3IN/c8-3-1-2-4(12)6(13)5(3)7(9,10)11/h1-2H,13H2. The van der Waals surface area contributed by atoms with Gasteiger partial charge in [-0.1, -0.05) is 11.6 Å². The van der Waals surface area contributed by atoms with Gasteiger partial charge < -0.3 is 5.73 Å². The van der Waals surface area contributed by atoms with E-state index in [0.717, 1.165) is 0 Å². The third kappa shape index (κ3) is 2.19. The van der Waals surface area contributed by atoms with Gasteiger partial charge in [0.05, 0.1) is 16.3 Å². The van der Waals surface area contributed by atoms with E-state index >= 15 is 0 Å². The van der Waals surface area contributed by atoms with Crippen LogP contribution in [0.2, 0.25) is 5.02 Å². The minimum atomic E-state index is -4.50. The van der Waals surface area contributed by atoms with Crippen LogP contribution >= 0.6 is 34.2 Å². The van der Waals surface area contributed by atoms with Crippen LogP contribution in [0.5, 0.6) is 0 Å². The summed E-state index contributed by atoms with van der Waals surface area (Å²) in [7, 11) is 0. The molecule has 1 aromatic carbocycles. The summed E-state index contributed by atoms with van der Waals surface area (Å²) in [6.45, 7) is 0.